The summed E-state index contributed by atoms with van der Waals surface area (Å²) >= 11 is 3.38. The molecule has 0 aliphatic rings. The average molecular weight is 319 g/mol. The zero-order valence-corrected chi connectivity index (χ0v) is 11.7. The Morgan fingerprint density at radius 2 is 2.05 bits per heavy atom. The van der Waals surface area contributed by atoms with Crippen LogP contribution in [-0.4, -0.2) is 27.1 Å². The van der Waals surface area contributed by atoms with Gasteiger partial charge in [-0.1, -0.05) is 15.9 Å². The molecule has 0 amide bonds. The maximum atomic E-state index is 9.90. The first kappa shape index (κ1) is 12.0. The molecule has 19 heavy (non-hydrogen) atoms. The molecule has 0 unspecified atom stereocenters. The number of pyridine rings is 1. The Balaban J connectivity index is 2.17. The second kappa shape index (κ2) is 4.55. The average Bonchev–Trinajstić information content (AvgIpc) is 2.83. The van der Waals surface area contributed by atoms with Crippen LogP contribution in [0.15, 0.2) is 34.8 Å². The number of fused-ring (bicyclic) bond motifs is 1. The molecule has 0 saturated carbocycles. The van der Waals surface area contributed by atoms with Crippen molar-refractivity contribution in [1.82, 2.24) is 15.0 Å². The third-order valence-electron chi connectivity index (χ3n) is 2.82. The number of halogens is 1. The highest BCUT2D eigenvalue weighted by Crippen LogP contribution is 2.31. The fourth-order valence-corrected chi connectivity index (χ4v) is 2.22. The Morgan fingerprint density at radius 3 is 2.84 bits per heavy atom. The molecule has 3 N–H and O–H groups in total. The summed E-state index contributed by atoms with van der Waals surface area (Å²) in [5, 5.41) is 12.9. The first-order valence-corrected chi connectivity index (χ1v) is 6.50. The number of H-pyrrole nitrogens is 1. The van der Waals surface area contributed by atoms with Crippen molar-refractivity contribution < 1.29 is 5.11 Å². The summed E-state index contributed by atoms with van der Waals surface area (Å²) in [6.45, 7) is 0. The van der Waals surface area contributed by atoms with E-state index in [-0.39, 0.29) is 5.75 Å². The number of phenols is 1. The molecule has 0 saturated heterocycles. The number of aromatic hydroxyl groups is 1. The summed E-state index contributed by atoms with van der Waals surface area (Å²) in [7, 11) is 1.81. The highest BCUT2D eigenvalue weighted by molar-refractivity contribution is 9.10. The van der Waals surface area contributed by atoms with E-state index >= 15 is 0 Å². The van der Waals surface area contributed by atoms with Crippen molar-refractivity contribution in [3.8, 4) is 17.1 Å². The second-order valence-corrected chi connectivity index (χ2v) is 4.98. The highest BCUT2D eigenvalue weighted by atomic mass is 79.9. The largest absolute Gasteiger partial charge is 0.507 e. The standard InChI is InChI=1S/C13H11BrN4O/c1-15-11-5-3-9-13(17-11)18-12(16-9)8-6-7(14)2-4-10(8)19/h2-6,19H,1H3,(H2,15,16,17,18). The molecule has 1 aromatic carbocycles. The number of hydrogen-bond donors (Lipinski definition) is 3. The van der Waals surface area contributed by atoms with E-state index < -0.39 is 0 Å². The Morgan fingerprint density at radius 1 is 1.21 bits per heavy atom. The van der Waals surface area contributed by atoms with E-state index in [1.807, 2.05) is 25.2 Å². The van der Waals surface area contributed by atoms with Crippen LogP contribution in [0.3, 0.4) is 0 Å². The van der Waals surface area contributed by atoms with Crippen LogP contribution in [0.1, 0.15) is 0 Å². The van der Waals surface area contributed by atoms with Crippen molar-refractivity contribution in [1.29, 1.82) is 0 Å². The molecular weight excluding hydrogens is 308 g/mol. The molecule has 6 heteroatoms. The topological polar surface area (TPSA) is 73.8 Å². The van der Waals surface area contributed by atoms with Gasteiger partial charge >= 0.3 is 0 Å². The first-order chi connectivity index (χ1) is 9.17. The molecule has 3 rings (SSSR count). The van der Waals surface area contributed by atoms with Crippen molar-refractivity contribution in [2.24, 2.45) is 0 Å². The van der Waals surface area contributed by atoms with Gasteiger partial charge in [0.15, 0.2) is 5.65 Å². The number of imidazole rings is 1. The predicted molar refractivity (Wildman–Crippen MR) is 78.2 cm³/mol. The summed E-state index contributed by atoms with van der Waals surface area (Å²) in [5.41, 5.74) is 2.08. The van der Waals surface area contributed by atoms with Gasteiger partial charge in [-0.3, -0.25) is 0 Å². The van der Waals surface area contributed by atoms with Gasteiger partial charge in [-0.25, -0.2) is 9.97 Å². The number of benzene rings is 1. The normalized spacial score (nSPS) is 10.8. The maximum absolute atomic E-state index is 9.90. The fraction of sp³-hybridized carbons (Fsp3) is 0.0769. The lowest BCUT2D eigenvalue weighted by molar-refractivity contribution is 0.477. The summed E-state index contributed by atoms with van der Waals surface area (Å²) in [6, 6.07) is 8.98. The fourth-order valence-electron chi connectivity index (χ4n) is 1.86. The van der Waals surface area contributed by atoms with Gasteiger partial charge in [0.2, 0.25) is 0 Å². The number of nitrogens with one attached hydrogen (secondary N) is 2. The quantitative estimate of drug-likeness (QED) is 0.678. The van der Waals surface area contributed by atoms with Crippen LogP contribution >= 0.6 is 15.9 Å². The maximum Gasteiger partial charge on any atom is 0.180 e. The molecule has 0 radical (unpaired) electrons. The summed E-state index contributed by atoms with van der Waals surface area (Å²) in [6.07, 6.45) is 0. The summed E-state index contributed by atoms with van der Waals surface area (Å²) in [5.74, 6) is 1.52. The lowest BCUT2D eigenvalue weighted by Crippen LogP contribution is -1.91. The van der Waals surface area contributed by atoms with Crippen LogP contribution < -0.4 is 5.32 Å². The third kappa shape index (κ3) is 2.15. The minimum absolute atomic E-state index is 0.177. The van der Waals surface area contributed by atoms with Crippen LogP contribution in [0, 0.1) is 0 Å². The van der Waals surface area contributed by atoms with Gasteiger partial charge in [-0.2, -0.15) is 0 Å². The van der Waals surface area contributed by atoms with Crippen molar-refractivity contribution in [2.45, 2.75) is 0 Å². The molecule has 2 heterocycles. The van der Waals surface area contributed by atoms with Crippen molar-refractivity contribution in [3.63, 3.8) is 0 Å². The molecule has 3 aromatic rings. The monoisotopic (exact) mass is 318 g/mol. The Labute approximate surface area is 117 Å². The van der Waals surface area contributed by atoms with E-state index in [0.717, 1.165) is 15.8 Å². The van der Waals surface area contributed by atoms with Gasteiger partial charge in [-0.15, -0.1) is 0 Å². The van der Waals surface area contributed by atoms with Crippen LogP contribution in [-0.2, 0) is 0 Å². The highest BCUT2D eigenvalue weighted by Gasteiger charge is 2.11. The predicted octanol–water partition coefficient (Wildman–Crippen LogP) is 3.13. The van der Waals surface area contributed by atoms with E-state index in [4.69, 9.17) is 0 Å². The Bertz CT molecular complexity index is 753. The van der Waals surface area contributed by atoms with Gasteiger partial charge in [0, 0.05) is 11.5 Å². The van der Waals surface area contributed by atoms with E-state index in [1.54, 1.807) is 12.1 Å². The summed E-state index contributed by atoms with van der Waals surface area (Å²) < 4.78 is 0.879. The number of nitrogens with zero attached hydrogens (tertiary/aromatic N) is 2. The SMILES string of the molecule is CNc1ccc2[nH]c(-c3cc(Br)ccc3O)nc2n1. The van der Waals surface area contributed by atoms with E-state index in [2.05, 4.69) is 36.2 Å². The molecule has 0 spiro atoms. The molecular formula is C13H11BrN4O. The van der Waals surface area contributed by atoms with Gasteiger partial charge in [0.1, 0.15) is 17.4 Å². The van der Waals surface area contributed by atoms with Crippen molar-refractivity contribution >= 4 is 32.9 Å². The second-order valence-electron chi connectivity index (χ2n) is 4.06. The molecule has 0 fully saturated rings. The van der Waals surface area contributed by atoms with Gasteiger partial charge in [0.05, 0.1) is 11.1 Å². The lowest BCUT2D eigenvalue weighted by Gasteiger charge is -2.01. The summed E-state index contributed by atoms with van der Waals surface area (Å²) in [4.78, 5) is 11.9. The zero-order chi connectivity index (χ0) is 13.4. The number of rotatable bonds is 2. The molecule has 0 atom stereocenters. The number of hydrogen-bond acceptors (Lipinski definition) is 4. The van der Waals surface area contributed by atoms with Crippen molar-refractivity contribution in [3.05, 3.63) is 34.8 Å². The molecule has 0 aliphatic heterocycles. The molecule has 0 bridgehead atoms. The number of aromatic nitrogens is 3. The lowest BCUT2D eigenvalue weighted by atomic mass is 10.2. The van der Waals surface area contributed by atoms with Crippen LogP contribution in [0.2, 0.25) is 0 Å². The molecule has 0 aliphatic carbocycles. The van der Waals surface area contributed by atoms with Crippen LogP contribution in [0.4, 0.5) is 5.82 Å². The van der Waals surface area contributed by atoms with Crippen LogP contribution in [0.25, 0.3) is 22.6 Å². The Kier molecular flexibility index (Phi) is 2.87. The number of phenolic OH excluding ortho intramolecular Hbond substituents is 1. The number of aromatic amines is 1. The first-order valence-electron chi connectivity index (χ1n) is 5.71. The van der Waals surface area contributed by atoms with Gasteiger partial charge in [0.25, 0.3) is 0 Å². The third-order valence-corrected chi connectivity index (χ3v) is 3.31. The van der Waals surface area contributed by atoms with Crippen LogP contribution in [0.5, 0.6) is 5.75 Å². The minimum Gasteiger partial charge on any atom is -0.507 e. The van der Waals surface area contributed by atoms with Crippen molar-refractivity contribution in [2.75, 3.05) is 12.4 Å². The zero-order valence-electron chi connectivity index (χ0n) is 10.1. The Hall–Kier alpha value is -2.08. The molecule has 5 nitrogen and oxygen atoms in total. The number of anilines is 1. The van der Waals surface area contributed by atoms with Gasteiger partial charge in [-0.05, 0) is 30.3 Å². The minimum atomic E-state index is 0.177. The van der Waals surface area contributed by atoms with E-state index in [1.165, 1.54) is 0 Å². The molecule has 96 valence electrons. The smallest absolute Gasteiger partial charge is 0.180 e. The van der Waals surface area contributed by atoms with E-state index in [9.17, 15) is 5.11 Å². The van der Waals surface area contributed by atoms with Gasteiger partial charge < -0.3 is 15.4 Å². The van der Waals surface area contributed by atoms with E-state index in [0.29, 0.717) is 17.0 Å². The molecule has 2 aromatic heterocycles.